The number of nitrogens with one attached hydrogen (secondary N) is 1. The number of rotatable bonds is 2. The molecule has 3 N–H and O–H groups in total. The van der Waals surface area contributed by atoms with E-state index < -0.39 is 24.1 Å². The van der Waals surface area contributed by atoms with Crippen LogP contribution in [0.2, 0.25) is 0 Å². The minimum absolute atomic E-state index is 0.0160. The first-order valence-electron chi connectivity index (χ1n) is 5.87. The van der Waals surface area contributed by atoms with Crippen molar-refractivity contribution in [3.63, 3.8) is 0 Å². The molecule has 2 heterocycles. The maximum Gasteiger partial charge on any atom is 0.326 e. The van der Waals surface area contributed by atoms with E-state index >= 15 is 0 Å². The van der Waals surface area contributed by atoms with Gasteiger partial charge in [-0.1, -0.05) is 0 Å². The molecule has 2 atom stereocenters. The number of aromatic nitrogens is 2. The van der Waals surface area contributed by atoms with Gasteiger partial charge in [0.25, 0.3) is 0 Å². The van der Waals surface area contributed by atoms with Crippen LogP contribution in [0, 0.1) is 6.92 Å². The molecule has 19 heavy (non-hydrogen) atoms. The van der Waals surface area contributed by atoms with Gasteiger partial charge in [0.2, 0.25) is 0 Å². The quantitative estimate of drug-likeness (QED) is 0.687. The summed E-state index contributed by atoms with van der Waals surface area (Å²) in [6.07, 6.45) is 0.881. The predicted molar refractivity (Wildman–Crippen MR) is 65.7 cm³/mol. The molecule has 0 saturated carbocycles. The molecule has 1 saturated heterocycles. The van der Waals surface area contributed by atoms with Gasteiger partial charge in [-0.05, 0) is 6.92 Å². The lowest BCUT2D eigenvalue weighted by Crippen LogP contribution is -2.43. The maximum absolute atomic E-state index is 12.0. The van der Waals surface area contributed by atoms with Crippen molar-refractivity contribution in [3.8, 4) is 0 Å². The first-order valence-corrected chi connectivity index (χ1v) is 5.87. The van der Waals surface area contributed by atoms with Crippen LogP contribution in [-0.4, -0.2) is 55.6 Å². The first-order chi connectivity index (χ1) is 8.88. The molecule has 1 fully saturated rings. The third-order valence-corrected chi connectivity index (χ3v) is 3.08. The van der Waals surface area contributed by atoms with Crippen LogP contribution in [0.15, 0.2) is 6.20 Å². The van der Waals surface area contributed by atoms with Crippen LogP contribution in [-0.2, 0) is 11.8 Å². The molecule has 8 nitrogen and oxygen atoms in total. The zero-order valence-electron chi connectivity index (χ0n) is 10.7. The van der Waals surface area contributed by atoms with Gasteiger partial charge in [-0.3, -0.25) is 4.68 Å². The Labute approximate surface area is 109 Å². The Hall–Kier alpha value is -2.09. The minimum Gasteiger partial charge on any atom is -0.480 e. The number of carbonyl (C=O) groups is 2. The number of β-amino-alcohol motifs (C(OH)–C–C–N with tert-alkyl or cyclic N) is 1. The van der Waals surface area contributed by atoms with Crippen LogP contribution < -0.4 is 5.32 Å². The number of hydrogen-bond acceptors (Lipinski definition) is 4. The Morgan fingerprint density at radius 2 is 2.21 bits per heavy atom. The van der Waals surface area contributed by atoms with Crippen molar-refractivity contribution >= 4 is 17.7 Å². The SMILES string of the molecule is Cc1nn(C)cc1NC(=O)N1C[C@H](O)C[C@@H]1C(=O)O. The number of carboxylic acids is 1. The summed E-state index contributed by atoms with van der Waals surface area (Å²) < 4.78 is 1.55. The van der Waals surface area contributed by atoms with E-state index in [1.54, 1.807) is 24.9 Å². The van der Waals surface area contributed by atoms with Gasteiger partial charge in [0.1, 0.15) is 6.04 Å². The van der Waals surface area contributed by atoms with Gasteiger partial charge in [-0.15, -0.1) is 0 Å². The normalized spacial score (nSPS) is 22.6. The van der Waals surface area contributed by atoms with E-state index in [4.69, 9.17) is 5.11 Å². The fourth-order valence-electron chi connectivity index (χ4n) is 2.18. The van der Waals surface area contributed by atoms with Gasteiger partial charge in [0.15, 0.2) is 0 Å². The van der Waals surface area contributed by atoms with Gasteiger partial charge in [-0.2, -0.15) is 5.10 Å². The second-order valence-electron chi connectivity index (χ2n) is 4.63. The highest BCUT2D eigenvalue weighted by molar-refractivity contribution is 5.93. The minimum atomic E-state index is -1.12. The molecular formula is C11H16N4O4. The van der Waals surface area contributed by atoms with E-state index in [0.29, 0.717) is 11.4 Å². The van der Waals surface area contributed by atoms with E-state index in [2.05, 4.69) is 10.4 Å². The van der Waals surface area contributed by atoms with Crippen molar-refractivity contribution in [1.82, 2.24) is 14.7 Å². The largest absolute Gasteiger partial charge is 0.480 e. The molecule has 0 radical (unpaired) electrons. The van der Waals surface area contributed by atoms with Crippen molar-refractivity contribution in [1.29, 1.82) is 0 Å². The number of aliphatic hydroxyl groups is 1. The van der Waals surface area contributed by atoms with Crippen LogP contribution in [0.1, 0.15) is 12.1 Å². The second-order valence-corrected chi connectivity index (χ2v) is 4.63. The third-order valence-electron chi connectivity index (χ3n) is 3.08. The zero-order chi connectivity index (χ0) is 14.2. The molecule has 0 aliphatic carbocycles. The van der Waals surface area contributed by atoms with Crippen molar-refractivity contribution in [2.45, 2.75) is 25.5 Å². The molecule has 1 aromatic rings. The summed E-state index contributed by atoms with van der Waals surface area (Å²) in [5, 5.41) is 25.2. The fourth-order valence-corrected chi connectivity index (χ4v) is 2.18. The summed E-state index contributed by atoms with van der Waals surface area (Å²) in [6, 6.07) is -1.54. The van der Waals surface area contributed by atoms with E-state index in [0.717, 1.165) is 4.90 Å². The number of anilines is 1. The molecule has 0 aromatic carbocycles. The van der Waals surface area contributed by atoms with E-state index in [1.807, 2.05) is 0 Å². The molecule has 1 aromatic heterocycles. The van der Waals surface area contributed by atoms with Crippen molar-refractivity contribution < 1.29 is 19.8 Å². The van der Waals surface area contributed by atoms with Crippen LogP contribution in [0.25, 0.3) is 0 Å². The molecule has 0 bridgehead atoms. The van der Waals surface area contributed by atoms with Gasteiger partial charge in [-0.25, -0.2) is 9.59 Å². The number of nitrogens with zero attached hydrogens (tertiary/aromatic N) is 3. The van der Waals surface area contributed by atoms with Crippen molar-refractivity contribution in [3.05, 3.63) is 11.9 Å². The summed E-state index contributed by atoms with van der Waals surface area (Å²) in [6.45, 7) is 1.76. The summed E-state index contributed by atoms with van der Waals surface area (Å²) in [5.74, 6) is -1.12. The Morgan fingerprint density at radius 3 is 2.74 bits per heavy atom. The van der Waals surface area contributed by atoms with E-state index in [-0.39, 0.29) is 13.0 Å². The highest BCUT2D eigenvalue weighted by Gasteiger charge is 2.39. The van der Waals surface area contributed by atoms with Gasteiger partial charge in [0, 0.05) is 26.2 Å². The Bertz CT molecular complexity index is 513. The van der Waals surface area contributed by atoms with Crippen LogP contribution in [0.4, 0.5) is 10.5 Å². The summed E-state index contributed by atoms with van der Waals surface area (Å²) in [5.41, 5.74) is 1.17. The van der Waals surface area contributed by atoms with E-state index in [9.17, 15) is 14.7 Å². The molecule has 0 unspecified atom stereocenters. The Kier molecular flexibility index (Phi) is 3.43. The smallest absolute Gasteiger partial charge is 0.326 e. The summed E-state index contributed by atoms with van der Waals surface area (Å²) in [4.78, 5) is 24.2. The molecule has 2 rings (SSSR count). The lowest BCUT2D eigenvalue weighted by molar-refractivity contribution is -0.141. The van der Waals surface area contributed by atoms with Crippen LogP contribution >= 0.6 is 0 Å². The fraction of sp³-hybridized carbons (Fsp3) is 0.545. The second kappa shape index (κ2) is 4.88. The Balaban J connectivity index is 2.11. The number of hydrogen-bond donors (Lipinski definition) is 3. The lowest BCUT2D eigenvalue weighted by atomic mass is 10.2. The van der Waals surface area contributed by atoms with E-state index in [1.165, 1.54) is 0 Å². The van der Waals surface area contributed by atoms with Crippen molar-refractivity contribution in [2.24, 2.45) is 7.05 Å². The first kappa shape index (κ1) is 13.3. The lowest BCUT2D eigenvalue weighted by Gasteiger charge is -2.21. The number of aryl methyl sites for hydroxylation is 2. The topological polar surface area (TPSA) is 108 Å². The summed E-state index contributed by atoms with van der Waals surface area (Å²) >= 11 is 0. The molecule has 8 heteroatoms. The third kappa shape index (κ3) is 2.68. The monoisotopic (exact) mass is 268 g/mol. The molecule has 104 valence electrons. The van der Waals surface area contributed by atoms with Crippen LogP contribution in [0.3, 0.4) is 0 Å². The van der Waals surface area contributed by atoms with Gasteiger partial charge < -0.3 is 20.4 Å². The average molecular weight is 268 g/mol. The average Bonchev–Trinajstić information content (AvgIpc) is 2.83. The number of carbonyl (C=O) groups excluding carboxylic acids is 1. The number of aliphatic carboxylic acids is 1. The zero-order valence-corrected chi connectivity index (χ0v) is 10.7. The number of amides is 2. The number of aliphatic hydroxyl groups excluding tert-OH is 1. The van der Waals surface area contributed by atoms with Gasteiger partial charge in [0.05, 0.1) is 17.5 Å². The maximum atomic E-state index is 12.0. The molecule has 1 aliphatic heterocycles. The highest BCUT2D eigenvalue weighted by Crippen LogP contribution is 2.20. The number of carboxylic acid groups (broad SMARTS) is 1. The number of urea groups is 1. The molecule has 1 aliphatic rings. The molecular weight excluding hydrogens is 252 g/mol. The molecule has 0 spiro atoms. The van der Waals surface area contributed by atoms with Crippen LogP contribution in [0.5, 0.6) is 0 Å². The number of likely N-dealkylation sites (tertiary alicyclic amines) is 1. The summed E-state index contributed by atoms with van der Waals surface area (Å²) in [7, 11) is 1.72. The Morgan fingerprint density at radius 1 is 1.53 bits per heavy atom. The highest BCUT2D eigenvalue weighted by atomic mass is 16.4. The van der Waals surface area contributed by atoms with Crippen molar-refractivity contribution in [2.75, 3.05) is 11.9 Å². The molecule has 2 amide bonds. The predicted octanol–water partition coefficient (Wildman–Crippen LogP) is -0.220. The van der Waals surface area contributed by atoms with Gasteiger partial charge >= 0.3 is 12.0 Å². The standard InChI is InChI=1S/C11H16N4O4/c1-6-8(5-14(2)13-6)12-11(19)15-4-7(16)3-9(15)10(17)18/h5,7,9,16H,3-4H2,1-2H3,(H,12,19)(H,17,18)/t7-,9-/m1/s1.